The molecule has 0 aromatic rings. The first-order valence-corrected chi connectivity index (χ1v) is 5.61. The Morgan fingerprint density at radius 3 is 2.79 bits per heavy atom. The quantitative estimate of drug-likeness (QED) is 0.683. The zero-order valence-corrected chi connectivity index (χ0v) is 9.00. The van der Waals surface area contributed by atoms with E-state index in [9.17, 15) is 4.79 Å². The highest BCUT2D eigenvalue weighted by molar-refractivity contribution is 5.83. The van der Waals surface area contributed by atoms with Gasteiger partial charge in [-0.3, -0.25) is 4.79 Å². The average Bonchev–Trinajstić information content (AvgIpc) is 2.18. The van der Waals surface area contributed by atoms with Crippen molar-refractivity contribution in [3.05, 3.63) is 0 Å². The number of carbonyl (C=O) groups excluding carboxylic acids is 1. The molecule has 2 atom stereocenters. The molecule has 2 N–H and O–H groups in total. The summed E-state index contributed by atoms with van der Waals surface area (Å²) in [7, 11) is 0. The Kier molecular flexibility index (Phi) is 5.12. The average molecular weight is 199 g/mol. The van der Waals surface area contributed by atoms with Crippen molar-refractivity contribution in [3.8, 4) is 0 Å². The summed E-state index contributed by atoms with van der Waals surface area (Å²) in [4.78, 5) is 11.7. The van der Waals surface area contributed by atoms with Crippen LogP contribution in [0.3, 0.4) is 0 Å². The van der Waals surface area contributed by atoms with Crippen molar-refractivity contribution in [2.45, 2.75) is 45.1 Å². The van der Waals surface area contributed by atoms with Crippen LogP contribution in [0.1, 0.15) is 39.0 Å². The number of rotatable bonds is 5. The zero-order valence-electron chi connectivity index (χ0n) is 9.00. The van der Waals surface area contributed by atoms with Crippen molar-refractivity contribution in [1.82, 2.24) is 0 Å². The molecule has 1 fully saturated rings. The van der Waals surface area contributed by atoms with Crippen molar-refractivity contribution >= 4 is 5.78 Å². The normalized spacial score (nSPS) is 27.6. The van der Waals surface area contributed by atoms with Crippen LogP contribution in [0.2, 0.25) is 0 Å². The van der Waals surface area contributed by atoms with Gasteiger partial charge in [0.1, 0.15) is 6.61 Å². The molecule has 0 aromatic heterocycles. The predicted molar refractivity (Wildman–Crippen MR) is 56.1 cm³/mol. The van der Waals surface area contributed by atoms with Crippen molar-refractivity contribution in [2.75, 3.05) is 13.2 Å². The Morgan fingerprint density at radius 2 is 2.14 bits per heavy atom. The number of nitrogens with two attached hydrogens (primary N) is 1. The second-order valence-corrected chi connectivity index (χ2v) is 4.07. The lowest BCUT2D eigenvalue weighted by Gasteiger charge is -2.27. The fraction of sp³-hybridized carbons (Fsp3) is 0.909. The van der Waals surface area contributed by atoms with Gasteiger partial charge in [-0.05, 0) is 19.3 Å². The van der Waals surface area contributed by atoms with E-state index >= 15 is 0 Å². The molecular weight excluding hydrogens is 178 g/mol. The van der Waals surface area contributed by atoms with E-state index in [2.05, 4.69) is 0 Å². The Balaban J connectivity index is 2.27. The topological polar surface area (TPSA) is 52.3 Å². The first-order chi connectivity index (χ1) is 6.75. The van der Waals surface area contributed by atoms with Crippen LogP contribution in [-0.2, 0) is 9.53 Å². The number of carbonyl (C=O) groups is 1. The minimum Gasteiger partial charge on any atom is -0.374 e. The number of hydrogen-bond donors (Lipinski definition) is 1. The monoisotopic (exact) mass is 199 g/mol. The highest BCUT2D eigenvalue weighted by Crippen LogP contribution is 2.23. The summed E-state index contributed by atoms with van der Waals surface area (Å²) >= 11 is 0. The van der Waals surface area contributed by atoms with Gasteiger partial charge in [0.25, 0.3) is 0 Å². The van der Waals surface area contributed by atoms with Gasteiger partial charge in [0.05, 0.1) is 0 Å². The van der Waals surface area contributed by atoms with Crippen molar-refractivity contribution in [3.63, 3.8) is 0 Å². The lowest BCUT2D eigenvalue weighted by Crippen LogP contribution is -2.39. The van der Waals surface area contributed by atoms with E-state index in [0.717, 1.165) is 25.7 Å². The van der Waals surface area contributed by atoms with Gasteiger partial charge in [-0.1, -0.05) is 19.8 Å². The molecule has 1 saturated carbocycles. The second-order valence-electron chi connectivity index (χ2n) is 4.07. The highest BCUT2D eigenvalue weighted by Gasteiger charge is 2.27. The molecule has 0 aromatic carbocycles. The third-order valence-electron chi connectivity index (χ3n) is 2.83. The molecule has 0 bridgehead atoms. The van der Waals surface area contributed by atoms with Gasteiger partial charge in [-0.15, -0.1) is 0 Å². The number of ketones is 1. The van der Waals surface area contributed by atoms with E-state index in [4.69, 9.17) is 10.5 Å². The molecule has 3 nitrogen and oxygen atoms in total. The van der Waals surface area contributed by atoms with E-state index in [1.54, 1.807) is 0 Å². The zero-order chi connectivity index (χ0) is 10.4. The fourth-order valence-corrected chi connectivity index (χ4v) is 1.98. The SMILES string of the molecule is CCCOCC(=O)C1CCCCC1N. The summed E-state index contributed by atoms with van der Waals surface area (Å²) in [5.74, 6) is 0.256. The van der Waals surface area contributed by atoms with Gasteiger partial charge in [0, 0.05) is 18.6 Å². The first-order valence-electron chi connectivity index (χ1n) is 5.61. The summed E-state index contributed by atoms with van der Waals surface area (Å²) in [6, 6.07) is 0.0708. The van der Waals surface area contributed by atoms with Crippen LogP contribution in [-0.4, -0.2) is 25.0 Å². The van der Waals surface area contributed by atoms with E-state index < -0.39 is 0 Å². The van der Waals surface area contributed by atoms with E-state index in [0.29, 0.717) is 6.61 Å². The van der Waals surface area contributed by atoms with Gasteiger partial charge in [-0.25, -0.2) is 0 Å². The maximum absolute atomic E-state index is 11.7. The third kappa shape index (κ3) is 3.39. The Labute approximate surface area is 86.0 Å². The molecule has 2 unspecified atom stereocenters. The largest absolute Gasteiger partial charge is 0.374 e. The molecule has 1 rings (SSSR count). The maximum Gasteiger partial charge on any atom is 0.163 e. The van der Waals surface area contributed by atoms with E-state index in [1.165, 1.54) is 6.42 Å². The smallest absolute Gasteiger partial charge is 0.163 e. The second kappa shape index (κ2) is 6.14. The van der Waals surface area contributed by atoms with Crippen LogP contribution < -0.4 is 5.73 Å². The molecule has 0 spiro atoms. The van der Waals surface area contributed by atoms with Gasteiger partial charge in [-0.2, -0.15) is 0 Å². The van der Waals surface area contributed by atoms with Crippen LogP contribution in [0.15, 0.2) is 0 Å². The molecule has 3 heteroatoms. The summed E-state index contributed by atoms with van der Waals surface area (Å²) in [6.45, 7) is 2.97. The Morgan fingerprint density at radius 1 is 1.43 bits per heavy atom. The lowest BCUT2D eigenvalue weighted by molar-refractivity contribution is -0.129. The van der Waals surface area contributed by atoms with Crippen molar-refractivity contribution < 1.29 is 9.53 Å². The molecule has 1 aliphatic rings. The molecule has 0 amide bonds. The Bertz CT molecular complexity index is 182. The maximum atomic E-state index is 11.7. The third-order valence-corrected chi connectivity index (χ3v) is 2.83. The summed E-state index contributed by atoms with van der Waals surface area (Å²) in [5.41, 5.74) is 5.91. The number of ether oxygens (including phenoxy) is 1. The molecule has 0 saturated heterocycles. The van der Waals surface area contributed by atoms with E-state index in [1.807, 2.05) is 6.92 Å². The molecule has 14 heavy (non-hydrogen) atoms. The number of Topliss-reactive ketones (excluding diaryl/α,β-unsaturated/α-hetero) is 1. The number of hydrogen-bond acceptors (Lipinski definition) is 3. The molecule has 0 radical (unpaired) electrons. The molecular formula is C11H21NO2. The minimum atomic E-state index is 0.0561. The summed E-state index contributed by atoms with van der Waals surface area (Å²) in [5, 5.41) is 0. The molecule has 82 valence electrons. The van der Waals surface area contributed by atoms with Crippen LogP contribution in [0, 0.1) is 5.92 Å². The first kappa shape index (κ1) is 11.7. The van der Waals surface area contributed by atoms with Gasteiger partial charge < -0.3 is 10.5 Å². The summed E-state index contributed by atoms with van der Waals surface area (Å²) in [6.07, 6.45) is 5.21. The minimum absolute atomic E-state index is 0.0561. The van der Waals surface area contributed by atoms with Gasteiger partial charge >= 0.3 is 0 Å². The molecule has 1 aliphatic carbocycles. The van der Waals surface area contributed by atoms with Gasteiger partial charge in [0.2, 0.25) is 0 Å². The molecule has 0 heterocycles. The van der Waals surface area contributed by atoms with Crippen LogP contribution in [0.4, 0.5) is 0 Å². The highest BCUT2D eigenvalue weighted by atomic mass is 16.5. The van der Waals surface area contributed by atoms with Crippen molar-refractivity contribution in [2.24, 2.45) is 11.7 Å². The van der Waals surface area contributed by atoms with Crippen LogP contribution in [0.5, 0.6) is 0 Å². The standard InChI is InChI=1S/C11H21NO2/c1-2-7-14-8-11(13)9-5-3-4-6-10(9)12/h9-10H,2-8,12H2,1H3. The predicted octanol–water partition coefficient (Wildman–Crippen LogP) is 1.50. The lowest BCUT2D eigenvalue weighted by atomic mass is 9.82. The molecule has 0 aliphatic heterocycles. The van der Waals surface area contributed by atoms with Gasteiger partial charge in [0.15, 0.2) is 5.78 Å². The van der Waals surface area contributed by atoms with Crippen LogP contribution in [0.25, 0.3) is 0 Å². The fourth-order valence-electron chi connectivity index (χ4n) is 1.98. The van der Waals surface area contributed by atoms with E-state index in [-0.39, 0.29) is 24.3 Å². The summed E-state index contributed by atoms with van der Waals surface area (Å²) < 4.78 is 5.24. The van der Waals surface area contributed by atoms with Crippen molar-refractivity contribution in [1.29, 1.82) is 0 Å². The van der Waals surface area contributed by atoms with Crippen LogP contribution >= 0.6 is 0 Å². The Hall–Kier alpha value is -0.410.